The van der Waals surface area contributed by atoms with Gasteiger partial charge in [0.25, 0.3) is 0 Å². The number of piperazine rings is 1. The van der Waals surface area contributed by atoms with E-state index in [1.807, 2.05) is 19.1 Å². The molecule has 8 heteroatoms. The molecular formula is C28H42N4O4. The van der Waals surface area contributed by atoms with Crippen molar-refractivity contribution in [3.05, 3.63) is 29.3 Å². The molecular weight excluding hydrogens is 456 g/mol. The number of ketones is 1. The van der Waals surface area contributed by atoms with Crippen LogP contribution in [0, 0.1) is 11.3 Å². The van der Waals surface area contributed by atoms with Crippen molar-refractivity contribution in [3.8, 4) is 0 Å². The molecule has 4 atom stereocenters. The Morgan fingerprint density at radius 2 is 1.86 bits per heavy atom. The van der Waals surface area contributed by atoms with Crippen LogP contribution in [0.1, 0.15) is 69.3 Å². The summed E-state index contributed by atoms with van der Waals surface area (Å²) in [5.41, 5.74) is 7.69. The first kappa shape index (κ1) is 26.6. The molecule has 0 aromatic heterocycles. The zero-order chi connectivity index (χ0) is 26.2. The predicted molar refractivity (Wildman–Crippen MR) is 140 cm³/mol. The van der Waals surface area contributed by atoms with E-state index in [2.05, 4.69) is 37.5 Å². The number of likely N-dealkylation sites (tertiary alicyclic amines) is 1. The molecule has 0 unspecified atom stereocenters. The highest BCUT2D eigenvalue weighted by Crippen LogP contribution is 2.40. The number of benzene rings is 1. The van der Waals surface area contributed by atoms with Crippen molar-refractivity contribution in [1.82, 2.24) is 9.80 Å². The Morgan fingerprint density at radius 3 is 2.47 bits per heavy atom. The second-order valence-corrected chi connectivity index (χ2v) is 11.9. The van der Waals surface area contributed by atoms with Crippen molar-refractivity contribution in [2.24, 2.45) is 17.1 Å². The van der Waals surface area contributed by atoms with Crippen LogP contribution in [0.15, 0.2) is 18.2 Å². The normalized spacial score (nSPS) is 25.8. The zero-order valence-corrected chi connectivity index (χ0v) is 22.5. The molecule has 0 bridgehead atoms. The largest absolute Gasteiger partial charge is 0.369 e. The monoisotopic (exact) mass is 498 g/mol. The summed E-state index contributed by atoms with van der Waals surface area (Å²) in [5, 5.41) is 0. The first-order valence-corrected chi connectivity index (χ1v) is 13.4. The van der Waals surface area contributed by atoms with Gasteiger partial charge in [0.2, 0.25) is 11.8 Å². The Morgan fingerprint density at radius 1 is 1.17 bits per heavy atom. The fourth-order valence-electron chi connectivity index (χ4n) is 6.07. The van der Waals surface area contributed by atoms with E-state index in [0.29, 0.717) is 24.1 Å². The summed E-state index contributed by atoms with van der Waals surface area (Å²) in [6.45, 7) is 15.9. The van der Waals surface area contributed by atoms with E-state index in [-0.39, 0.29) is 35.7 Å². The number of fused-ring (bicyclic) bond motifs is 1. The summed E-state index contributed by atoms with van der Waals surface area (Å²) in [6.07, 6.45) is 1.42. The summed E-state index contributed by atoms with van der Waals surface area (Å²) in [6, 6.07) is 5.17. The lowest BCUT2D eigenvalue weighted by molar-refractivity contribution is -0.138. The molecule has 36 heavy (non-hydrogen) atoms. The summed E-state index contributed by atoms with van der Waals surface area (Å²) >= 11 is 0. The van der Waals surface area contributed by atoms with Crippen LogP contribution < -0.4 is 10.6 Å². The van der Waals surface area contributed by atoms with Crippen LogP contribution in [0.2, 0.25) is 0 Å². The number of Topliss-reactive ketones (excluding diaryl/α,β-unsaturated/α-hetero) is 1. The number of carbonyl (C=O) groups excluding carboxylic acids is 3. The van der Waals surface area contributed by atoms with Gasteiger partial charge in [0.15, 0.2) is 5.78 Å². The third-order valence-corrected chi connectivity index (χ3v) is 7.79. The highest BCUT2D eigenvalue weighted by atomic mass is 16.5. The number of anilines is 1. The third-order valence-electron chi connectivity index (χ3n) is 7.79. The second kappa shape index (κ2) is 10.5. The number of primary amides is 1. The maximum absolute atomic E-state index is 14.2. The quantitative estimate of drug-likeness (QED) is 0.621. The molecule has 1 aromatic rings. The van der Waals surface area contributed by atoms with E-state index >= 15 is 0 Å². The van der Waals surface area contributed by atoms with Gasteiger partial charge >= 0.3 is 0 Å². The smallest absolute Gasteiger partial charge is 0.249 e. The number of rotatable bonds is 7. The van der Waals surface area contributed by atoms with Crippen LogP contribution in [-0.4, -0.2) is 85.4 Å². The van der Waals surface area contributed by atoms with E-state index < -0.39 is 17.9 Å². The van der Waals surface area contributed by atoms with Crippen molar-refractivity contribution < 1.29 is 19.1 Å². The summed E-state index contributed by atoms with van der Waals surface area (Å²) in [4.78, 5) is 45.9. The van der Waals surface area contributed by atoms with E-state index in [1.165, 1.54) is 0 Å². The van der Waals surface area contributed by atoms with Gasteiger partial charge in [0, 0.05) is 49.9 Å². The summed E-state index contributed by atoms with van der Waals surface area (Å²) < 4.78 is 5.73. The van der Waals surface area contributed by atoms with Gasteiger partial charge in [-0.3, -0.25) is 19.3 Å². The minimum absolute atomic E-state index is 0.0407. The maximum atomic E-state index is 14.2. The third kappa shape index (κ3) is 5.44. The lowest BCUT2D eigenvalue weighted by Crippen LogP contribution is -2.46. The van der Waals surface area contributed by atoms with Gasteiger partial charge in [0.05, 0.1) is 12.0 Å². The maximum Gasteiger partial charge on any atom is 0.249 e. The first-order valence-electron chi connectivity index (χ1n) is 13.4. The average molecular weight is 499 g/mol. The number of hydrogen-bond donors (Lipinski definition) is 1. The predicted octanol–water partition coefficient (Wildman–Crippen LogP) is 2.65. The molecule has 3 saturated heterocycles. The molecule has 198 valence electrons. The van der Waals surface area contributed by atoms with Gasteiger partial charge < -0.3 is 20.3 Å². The number of hydrogen-bond acceptors (Lipinski definition) is 6. The van der Waals surface area contributed by atoms with E-state index in [1.54, 1.807) is 11.0 Å². The molecule has 1 aromatic carbocycles. The topological polar surface area (TPSA) is 96.2 Å². The first-order chi connectivity index (χ1) is 17.0. The molecule has 2 amide bonds. The molecule has 0 saturated carbocycles. The van der Waals surface area contributed by atoms with Crippen molar-refractivity contribution in [2.45, 2.75) is 65.5 Å². The van der Waals surface area contributed by atoms with Gasteiger partial charge in [-0.1, -0.05) is 34.6 Å². The number of nitrogens with zero attached hydrogens (tertiary/aromatic N) is 3. The van der Waals surface area contributed by atoms with Gasteiger partial charge in [0.1, 0.15) is 12.6 Å². The zero-order valence-electron chi connectivity index (χ0n) is 22.5. The Bertz CT molecular complexity index is 996. The number of ether oxygens (including phenoxy) is 1. The molecule has 3 aliphatic rings. The highest BCUT2D eigenvalue weighted by Gasteiger charge is 2.52. The van der Waals surface area contributed by atoms with E-state index in [0.717, 1.165) is 44.8 Å². The molecule has 3 heterocycles. The molecule has 0 aliphatic carbocycles. The summed E-state index contributed by atoms with van der Waals surface area (Å²) in [5.74, 6) is -1.18. The lowest BCUT2D eigenvalue weighted by atomic mass is 9.79. The number of nitrogens with two attached hydrogens (primary N) is 1. The van der Waals surface area contributed by atoms with Gasteiger partial charge in [-0.15, -0.1) is 0 Å². The van der Waals surface area contributed by atoms with Crippen LogP contribution in [0.25, 0.3) is 0 Å². The average Bonchev–Trinajstić information content (AvgIpc) is 3.37. The van der Waals surface area contributed by atoms with Crippen LogP contribution in [0.4, 0.5) is 5.69 Å². The number of carbonyl (C=O) groups is 3. The lowest BCUT2D eigenvalue weighted by Gasteiger charge is -2.37. The van der Waals surface area contributed by atoms with E-state index in [4.69, 9.17) is 10.5 Å². The molecule has 0 radical (unpaired) electrons. The Kier molecular flexibility index (Phi) is 7.76. The molecule has 3 fully saturated rings. The van der Waals surface area contributed by atoms with Crippen molar-refractivity contribution in [1.29, 1.82) is 0 Å². The van der Waals surface area contributed by atoms with Crippen molar-refractivity contribution in [3.63, 3.8) is 0 Å². The minimum Gasteiger partial charge on any atom is -0.369 e. The Hall–Kier alpha value is -2.45. The van der Waals surface area contributed by atoms with Crippen molar-refractivity contribution in [2.75, 3.05) is 50.8 Å². The van der Waals surface area contributed by atoms with Crippen LogP contribution in [0.5, 0.6) is 0 Å². The molecule has 4 rings (SSSR count). The van der Waals surface area contributed by atoms with Crippen LogP contribution >= 0.6 is 0 Å². The minimum atomic E-state index is -0.576. The van der Waals surface area contributed by atoms with Crippen molar-refractivity contribution >= 4 is 23.3 Å². The number of amides is 2. The SMILES string of the molecule is CCCN1CCN(c2ccc(C(N)=O)c([C@H](CC(C)(C)C)C(=O)N3C[C@@H](C)[C@H]4OCC(=O)[C@H]43)c2)CC1. The molecule has 2 N–H and O–H groups in total. The van der Waals surface area contributed by atoms with Crippen LogP contribution in [0.3, 0.4) is 0 Å². The molecule has 3 aliphatic heterocycles. The Labute approximate surface area is 215 Å². The summed E-state index contributed by atoms with van der Waals surface area (Å²) in [7, 11) is 0. The standard InChI is InChI=1S/C28H42N4O4/c1-6-9-30-10-12-31(13-11-30)19-7-8-20(26(29)34)21(14-19)22(15-28(3,4)5)27(35)32-16-18(2)25-24(32)23(33)17-36-25/h7-8,14,18,22,24-25H,6,9-13,15-17H2,1-5H3,(H2,29,34)/t18-,22+,24-,25-/m1/s1. The van der Waals surface area contributed by atoms with Gasteiger partial charge in [-0.2, -0.15) is 0 Å². The van der Waals surface area contributed by atoms with Crippen LogP contribution in [-0.2, 0) is 14.3 Å². The van der Waals surface area contributed by atoms with E-state index in [9.17, 15) is 14.4 Å². The second-order valence-electron chi connectivity index (χ2n) is 11.9. The fraction of sp³-hybridized carbons (Fsp3) is 0.679. The van der Waals surface area contributed by atoms with Gasteiger partial charge in [-0.05, 0) is 48.6 Å². The molecule has 8 nitrogen and oxygen atoms in total. The highest BCUT2D eigenvalue weighted by molar-refractivity contribution is 5.99. The Balaban J connectivity index is 1.69. The molecule has 0 spiro atoms. The fourth-order valence-corrected chi connectivity index (χ4v) is 6.07. The van der Waals surface area contributed by atoms with Gasteiger partial charge in [-0.25, -0.2) is 0 Å².